The number of carbonyl (C=O) groups excluding carboxylic acids is 1. The highest BCUT2D eigenvalue weighted by Crippen LogP contribution is 2.18. The summed E-state index contributed by atoms with van der Waals surface area (Å²) >= 11 is 11.3. The largest absolute Gasteiger partial charge is 0.456 e. The highest BCUT2D eigenvalue weighted by atomic mass is 35.5. The van der Waals surface area contributed by atoms with Crippen molar-refractivity contribution in [3.05, 3.63) is 41.7 Å². The highest BCUT2D eigenvalue weighted by molar-refractivity contribution is 6.30. The van der Waals surface area contributed by atoms with Crippen LogP contribution < -0.4 is 4.94 Å². The van der Waals surface area contributed by atoms with Crippen molar-refractivity contribution in [1.82, 2.24) is 24.7 Å². The molecule has 1 aromatic carbocycles. The molecular formula is C14H13Cl2N5O2. The van der Waals surface area contributed by atoms with Crippen LogP contribution in [-0.2, 0) is 9.53 Å². The van der Waals surface area contributed by atoms with Crippen molar-refractivity contribution in [3.8, 4) is 11.4 Å². The van der Waals surface area contributed by atoms with E-state index in [1.165, 1.54) is 23.3 Å². The SMILES string of the molecule is O=C(/C=C/n1cnc(-c2cccc(Cl)c2)n1)OC1CN(NCl)C1. The van der Waals surface area contributed by atoms with Crippen LogP contribution in [0.1, 0.15) is 0 Å². The molecule has 1 saturated heterocycles. The van der Waals surface area contributed by atoms with Gasteiger partial charge < -0.3 is 4.74 Å². The van der Waals surface area contributed by atoms with E-state index in [1.807, 2.05) is 12.1 Å². The minimum absolute atomic E-state index is 0.156. The summed E-state index contributed by atoms with van der Waals surface area (Å²) in [5.41, 5.74) is 0.801. The van der Waals surface area contributed by atoms with Gasteiger partial charge in [-0.15, -0.1) is 5.10 Å². The lowest BCUT2D eigenvalue weighted by Crippen LogP contribution is -2.56. The Kier molecular flexibility index (Phi) is 4.92. The Morgan fingerprint density at radius 3 is 3.00 bits per heavy atom. The molecule has 3 rings (SSSR count). The van der Waals surface area contributed by atoms with Crippen LogP contribution in [0.15, 0.2) is 36.7 Å². The Balaban J connectivity index is 1.57. The number of carbonyl (C=O) groups is 1. The Morgan fingerprint density at radius 2 is 2.26 bits per heavy atom. The van der Waals surface area contributed by atoms with Gasteiger partial charge in [-0.25, -0.2) is 19.5 Å². The Morgan fingerprint density at radius 1 is 1.43 bits per heavy atom. The predicted octanol–water partition coefficient (Wildman–Crippen LogP) is 1.95. The number of rotatable bonds is 5. The van der Waals surface area contributed by atoms with Gasteiger partial charge >= 0.3 is 5.97 Å². The summed E-state index contributed by atoms with van der Waals surface area (Å²) in [6.45, 7) is 1.12. The van der Waals surface area contributed by atoms with E-state index in [0.29, 0.717) is 23.9 Å². The minimum Gasteiger partial charge on any atom is -0.456 e. The number of hydrazine groups is 1. The van der Waals surface area contributed by atoms with E-state index >= 15 is 0 Å². The lowest BCUT2D eigenvalue weighted by Gasteiger charge is -2.35. The van der Waals surface area contributed by atoms with E-state index in [9.17, 15) is 4.79 Å². The van der Waals surface area contributed by atoms with Crippen LogP contribution in [0.2, 0.25) is 5.02 Å². The minimum atomic E-state index is -0.441. The summed E-state index contributed by atoms with van der Waals surface area (Å²) in [6.07, 6.45) is 4.13. The number of aromatic nitrogens is 3. The van der Waals surface area contributed by atoms with Crippen LogP contribution in [0, 0.1) is 0 Å². The van der Waals surface area contributed by atoms with E-state index in [0.717, 1.165) is 5.56 Å². The fourth-order valence-electron chi connectivity index (χ4n) is 2.03. The zero-order valence-corrected chi connectivity index (χ0v) is 13.4. The zero-order chi connectivity index (χ0) is 16.2. The summed E-state index contributed by atoms with van der Waals surface area (Å²) in [5, 5.41) is 6.58. The molecule has 120 valence electrons. The van der Waals surface area contributed by atoms with Crippen molar-refractivity contribution in [3.63, 3.8) is 0 Å². The van der Waals surface area contributed by atoms with Crippen LogP contribution in [0.3, 0.4) is 0 Å². The van der Waals surface area contributed by atoms with Gasteiger partial charge in [0.15, 0.2) is 5.82 Å². The molecule has 1 aromatic heterocycles. The zero-order valence-electron chi connectivity index (χ0n) is 11.9. The number of nitrogens with zero attached hydrogens (tertiary/aromatic N) is 4. The first kappa shape index (κ1) is 15.9. The summed E-state index contributed by atoms with van der Waals surface area (Å²) in [7, 11) is 0. The third kappa shape index (κ3) is 4.08. The lowest BCUT2D eigenvalue weighted by molar-refractivity contribution is -0.152. The quantitative estimate of drug-likeness (QED) is 0.503. The monoisotopic (exact) mass is 353 g/mol. The van der Waals surface area contributed by atoms with Crippen molar-refractivity contribution in [1.29, 1.82) is 0 Å². The van der Waals surface area contributed by atoms with Crippen LogP contribution in [0.4, 0.5) is 0 Å². The molecule has 0 bridgehead atoms. The molecular weight excluding hydrogens is 341 g/mol. The molecule has 0 spiro atoms. The van der Waals surface area contributed by atoms with Gasteiger partial charge in [-0.1, -0.05) is 23.7 Å². The fraction of sp³-hybridized carbons (Fsp3) is 0.214. The first-order valence-corrected chi connectivity index (χ1v) is 7.57. The number of nitrogens with one attached hydrogen (secondary N) is 1. The van der Waals surface area contributed by atoms with Crippen LogP contribution in [0.5, 0.6) is 0 Å². The maximum absolute atomic E-state index is 11.7. The number of ether oxygens (including phenoxy) is 1. The van der Waals surface area contributed by atoms with Crippen molar-refractivity contribution < 1.29 is 9.53 Å². The predicted molar refractivity (Wildman–Crippen MR) is 86.2 cm³/mol. The molecule has 2 heterocycles. The Labute approximate surface area is 142 Å². The molecule has 0 amide bonds. The van der Waals surface area contributed by atoms with Gasteiger partial charge in [0.1, 0.15) is 12.4 Å². The Bertz CT molecular complexity index is 727. The first-order valence-electron chi connectivity index (χ1n) is 6.81. The summed E-state index contributed by atoms with van der Waals surface area (Å²) in [5.74, 6) is 0.0809. The highest BCUT2D eigenvalue weighted by Gasteiger charge is 2.28. The van der Waals surface area contributed by atoms with Crippen LogP contribution in [0.25, 0.3) is 17.6 Å². The van der Waals surface area contributed by atoms with E-state index in [2.05, 4.69) is 15.0 Å². The Hall–Kier alpha value is -1.93. The van der Waals surface area contributed by atoms with E-state index in [1.54, 1.807) is 17.1 Å². The summed E-state index contributed by atoms with van der Waals surface area (Å²) in [4.78, 5) is 18.3. The summed E-state index contributed by atoms with van der Waals surface area (Å²) in [6, 6.07) is 7.23. The molecule has 1 aliphatic rings. The molecule has 0 saturated carbocycles. The lowest BCUT2D eigenvalue weighted by atomic mass is 10.2. The van der Waals surface area contributed by atoms with E-state index < -0.39 is 5.97 Å². The summed E-state index contributed by atoms with van der Waals surface area (Å²) < 4.78 is 6.64. The topological polar surface area (TPSA) is 72.3 Å². The molecule has 0 aliphatic carbocycles. The molecule has 1 aliphatic heterocycles. The standard InChI is InChI=1S/C14H13Cl2N5O2/c15-11-3-1-2-10(6-11)14-17-9-20(18-14)5-4-13(22)23-12-7-21(8-12)19-16/h1-6,9,12,19H,7-8H2/b5-4+. The van der Waals surface area contributed by atoms with E-state index in [4.69, 9.17) is 28.1 Å². The number of benzene rings is 1. The molecule has 2 aromatic rings. The normalized spacial score (nSPS) is 15.7. The van der Waals surface area contributed by atoms with Crippen molar-refractivity contribution in [2.45, 2.75) is 6.10 Å². The van der Waals surface area contributed by atoms with Gasteiger partial charge in [-0.2, -0.15) is 4.94 Å². The molecule has 23 heavy (non-hydrogen) atoms. The second-order valence-electron chi connectivity index (χ2n) is 4.92. The fourth-order valence-corrected chi connectivity index (χ4v) is 2.36. The number of hydrogen-bond donors (Lipinski definition) is 1. The average molecular weight is 354 g/mol. The van der Waals surface area contributed by atoms with Crippen LogP contribution >= 0.6 is 23.4 Å². The van der Waals surface area contributed by atoms with Gasteiger partial charge in [-0.3, -0.25) is 0 Å². The second-order valence-corrected chi connectivity index (χ2v) is 5.53. The molecule has 1 fully saturated rings. The second kappa shape index (κ2) is 7.10. The third-order valence-corrected chi connectivity index (χ3v) is 3.68. The van der Waals surface area contributed by atoms with E-state index in [-0.39, 0.29) is 6.10 Å². The van der Waals surface area contributed by atoms with Gasteiger partial charge in [0.25, 0.3) is 0 Å². The third-order valence-electron chi connectivity index (χ3n) is 3.21. The van der Waals surface area contributed by atoms with Gasteiger partial charge in [0.05, 0.1) is 13.1 Å². The molecule has 9 heteroatoms. The molecule has 0 unspecified atom stereocenters. The van der Waals surface area contributed by atoms with Gasteiger partial charge in [0.2, 0.25) is 0 Å². The number of halogens is 2. The van der Waals surface area contributed by atoms with Gasteiger partial charge in [-0.05, 0) is 23.9 Å². The van der Waals surface area contributed by atoms with Crippen molar-refractivity contribution >= 4 is 35.5 Å². The maximum Gasteiger partial charge on any atom is 0.332 e. The maximum atomic E-state index is 11.7. The van der Waals surface area contributed by atoms with Crippen molar-refractivity contribution in [2.24, 2.45) is 0 Å². The first-order chi connectivity index (χ1) is 11.1. The number of esters is 1. The van der Waals surface area contributed by atoms with Crippen molar-refractivity contribution in [2.75, 3.05) is 13.1 Å². The average Bonchev–Trinajstić information content (AvgIpc) is 2.97. The smallest absolute Gasteiger partial charge is 0.332 e. The molecule has 1 N–H and O–H groups in total. The number of hydrogen-bond acceptors (Lipinski definition) is 6. The van der Waals surface area contributed by atoms with Crippen LogP contribution in [-0.4, -0.2) is 44.9 Å². The molecule has 7 nitrogen and oxygen atoms in total. The molecule has 0 atom stereocenters. The van der Waals surface area contributed by atoms with Gasteiger partial charge in [0, 0.05) is 22.9 Å². The molecule has 0 radical (unpaired) electrons.